The van der Waals surface area contributed by atoms with Gasteiger partial charge < -0.3 is 5.32 Å². The van der Waals surface area contributed by atoms with Crippen molar-refractivity contribution < 1.29 is 4.79 Å². The molecule has 0 spiro atoms. The van der Waals surface area contributed by atoms with Gasteiger partial charge in [0.1, 0.15) is 0 Å². The SMILES string of the molecule is O=C(N[C@H]1C[C@H]2CC[C@H]1C2)c1ccc(CSc2ccccc2)cc1. The van der Waals surface area contributed by atoms with E-state index in [-0.39, 0.29) is 5.91 Å². The molecule has 0 aromatic heterocycles. The molecule has 0 unspecified atom stereocenters. The van der Waals surface area contributed by atoms with Crippen LogP contribution in [0.2, 0.25) is 0 Å². The quantitative estimate of drug-likeness (QED) is 0.787. The van der Waals surface area contributed by atoms with Gasteiger partial charge in [0.25, 0.3) is 5.91 Å². The van der Waals surface area contributed by atoms with Crippen molar-refractivity contribution in [2.24, 2.45) is 11.8 Å². The maximum absolute atomic E-state index is 12.5. The summed E-state index contributed by atoms with van der Waals surface area (Å²) in [6, 6.07) is 18.9. The molecule has 1 amide bonds. The lowest BCUT2D eigenvalue weighted by atomic mass is 9.95. The van der Waals surface area contributed by atoms with Crippen LogP contribution >= 0.6 is 11.8 Å². The molecule has 3 atom stereocenters. The van der Waals surface area contributed by atoms with Crippen molar-refractivity contribution in [3.05, 3.63) is 65.7 Å². The van der Waals surface area contributed by atoms with Gasteiger partial charge in [-0.3, -0.25) is 4.79 Å². The smallest absolute Gasteiger partial charge is 0.251 e. The van der Waals surface area contributed by atoms with Crippen molar-refractivity contribution in [2.45, 2.75) is 42.4 Å². The van der Waals surface area contributed by atoms with Crippen LogP contribution in [0, 0.1) is 11.8 Å². The molecule has 0 aliphatic heterocycles. The second-order valence-electron chi connectivity index (χ2n) is 7.05. The predicted molar refractivity (Wildman–Crippen MR) is 99.1 cm³/mol. The Morgan fingerprint density at radius 3 is 2.46 bits per heavy atom. The van der Waals surface area contributed by atoms with Gasteiger partial charge in [-0.25, -0.2) is 0 Å². The van der Waals surface area contributed by atoms with Gasteiger partial charge in [-0.15, -0.1) is 11.8 Å². The molecule has 2 aliphatic rings. The van der Waals surface area contributed by atoms with E-state index in [0.717, 1.165) is 23.2 Å². The van der Waals surface area contributed by atoms with Crippen LogP contribution in [0.15, 0.2) is 59.5 Å². The molecule has 3 heteroatoms. The Bertz CT molecular complexity index is 698. The van der Waals surface area contributed by atoms with Gasteiger partial charge in [-0.1, -0.05) is 36.8 Å². The molecular formula is C21H23NOS. The summed E-state index contributed by atoms with van der Waals surface area (Å²) in [5.74, 6) is 2.60. The Labute approximate surface area is 148 Å². The highest BCUT2D eigenvalue weighted by atomic mass is 32.2. The molecule has 2 aromatic carbocycles. The lowest BCUT2D eigenvalue weighted by Gasteiger charge is -2.22. The standard InChI is InChI=1S/C21H23NOS/c23-21(22-20-13-16-8-11-18(20)12-16)17-9-6-15(7-10-17)14-24-19-4-2-1-3-5-19/h1-7,9-10,16,18,20H,8,11-14H2,(H,22,23)/t16-,18-,20-/m0/s1. The molecule has 0 heterocycles. The molecule has 2 nitrogen and oxygen atoms in total. The zero-order valence-corrected chi connectivity index (χ0v) is 14.6. The number of thioether (sulfide) groups is 1. The first kappa shape index (κ1) is 15.8. The lowest BCUT2D eigenvalue weighted by molar-refractivity contribution is 0.0923. The number of carbonyl (C=O) groups excluding carboxylic acids is 1. The van der Waals surface area contributed by atoms with Crippen LogP contribution in [0.4, 0.5) is 0 Å². The van der Waals surface area contributed by atoms with Crippen LogP contribution in [0.3, 0.4) is 0 Å². The Hall–Kier alpha value is -1.74. The highest BCUT2D eigenvalue weighted by Gasteiger charge is 2.40. The Morgan fingerprint density at radius 2 is 1.79 bits per heavy atom. The summed E-state index contributed by atoms with van der Waals surface area (Å²) >= 11 is 1.82. The van der Waals surface area contributed by atoms with Crippen LogP contribution in [0.1, 0.15) is 41.6 Å². The fourth-order valence-corrected chi connectivity index (χ4v) is 4.98. The normalized spacial score (nSPS) is 24.9. The number of amides is 1. The summed E-state index contributed by atoms with van der Waals surface area (Å²) in [6.07, 6.45) is 5.17. The van der Waals surface area contributed by atoms with Crippen LogP contribution in [-0.2, 0) is 5.75 Å². The highest BCUT2D eigenvalue weighted by molar-refractivity contribution is 7.98. The summed E-state index contributed by atoms with van der Waals surface area (Å²) in [5.41, 5.74) is 2.03. The van der Waals surface area contributed by atoms with E-state index >= 15 is 0 Å². The molecule has 124 valence electrons. The van der Waals surface area contributed by atoms with E-state index in [1.54, 1.807) is 0 Å². The van der Waals surface area contributed by atoms with E-state index in [0.29, 0.717) is 6.04 Å². The molecule has 2 fully saturated rings. The summed E-state index contributed by atoms with van der Waals surface area (Å²) in [5, 5.41) is 3.26. The zero-order chi connectivity index (χ0) is 16.4. The van der Waals surface area contributed by atoms with Crippen LogP contribution in [0.5, 0.6) is 0 Å². The van der Waals surface area contributed by atoms with E-state index in [2.05, 4.69) is 41.7 Å². The third kappa shape index (κ3) is 3.51. The third-order valence-electron chi connectivity index (χ3n) is 5.42. The monoisotopic (exact) mass is 337 g/mol. The van der Waals surface area contributed by atoms with E-state index in [4.69, 9.17) is 0 Å². The number of carbonyl (C=O) groups is 1. The van der Waals surface area contributed by atoms with Gasteiger partial charge in [0.2, 0.25) is 0 Å². The molecule has 0 saturated heterocycles. The van der Waals surface area contributed by atoms with Crippen molar-refractivity contribution in [2.75, 3.05) is 0 Å². The first-order valence-electron chi connectivity index (χ1n) is 8.85. The molecular weight excluding hydrogens is 314 g/mol. The average molecular weight is 337 g/mol. The van der Waals surface area contributed by atoms with Gasteiger partial charge in [-0.05, 0) is 60.9 Å². The van der Waals surface area contributed by atoms with Gasteiger partial charge in [0.05, 0.1) is 0 Å². The second kappa shape index (κ2) is 7.02. The van der Waals surface area contributed by atoms with Crippen molar-refractivity contribution in [3.8, 4) is 0 Å². The first-order valence-corrected chi connectivity index (χ1v) is 9.84. The van der Waals surface area contributed by atoms with Gasteiger partial charge in [0.15, 0.2) is 0 Å². The fourth-order valence-electron chi connectivity index (χ4n) is 4.11. The molecule has 2 aliphatic carbocycles. The number of hydrogen-bond acceptors (Lipinski definition) is 2. The van der Waals surface area contributed by atoms with Gasteiger partial charge in [-0.2, -0.15) is 0 Å². The largest absolute Gasteiger partial charge is 0.349 e. The molecule has 4 rings (SSSR count). The fraction of sp³-hybridized carbons (Fsp3) is 0.381. The van der Waals surface area contributed by atoms with Gasteiger partial charge >= 0.3 is 0 Å². The summed E-state index contributed by atoms with van der Waals surface area (Å²) in [7, 11) is 0. The van der Waals surface area contributed by atoms with Crippen LogP contribution < -0.4 is 5.32 Å². The van der Waals surface area contributed by atoms with E-state index in [1.807, 2.05) is 30.0 Å². The predicted octanol–water partition coefficient (Wildman–Crippen LogP) is 4.90. The minimum Gasteiger partial charge on any atom is -0.349 e. The zero-order valence-electron chi connectivity index (χ0n) is 13.8. The number of nitrogens with one attached hydrogen (secondary N) is 1. The summed E-state index contributed by atoms with van der Waals surface area (Å²) < 4.78 is 0. The molecule has 2 bridgehead atoms. The number of rotatable bonds is 5. The number of benzene rings is 2. The van der Waals surface area contributed by atoms with E-state index < -0.39 is 0 Å². The molecule has 1 N–H and O–H groups in total. The lowest BCUT2D eigenvalue weighted by Crippen LogP contribution is -2.38. The Kier molecular flexibility index (Phi) is 4.61. The molecule has 2 aromatic rings. The maximum atomic E-state index is 12.5. The molecule has 0 radical (unpaired) electrons. The van der Waals surface area contributed by atoms with Crippen LogP contribution in [0.25, 0.3) is 0 Å². The van der Waals surface area contributed by atoms with Gasteiger partial charge in [0, 0.05) is 22.3 Å². The Morgan fingerprint density at radius 1 is 1.00 bits per heavy atom. The van der Waals surface area contributed by atoms with Crippen molar-refractivity contribution >= 4 is 17.7 Å². The number of hydrogen-bond donors (Lipinski definition) is 1. The van der Waals surface area contributed by atoms with E-state index in [9.17, 15) is 4.79 Å². The van der Waals surface area contributed by atoms with E-state index in [1.165, 1.54) is 36.1 Å². The minimum absolute atomic E-state index is 0.0924. The topological polar surface area (TPSA) is 29.1 Å². The highest BCUT2D eigenvalue weighted by Crippen LogP contribution is 2.44. The molecule has 24 heavy (non-hydrogen) atoms. The first-order chi connectivity index (χ1) is 11.8. The summed E-state index contributed by atoms with van der Waals surface area (Å²) in [4.78, 5) is 13.7. The van der Waals surface area contributed by atoms with Crippen molar-refractivity contribution in [1.82, 2.24) is 5.32 Å². The Balaban J connectivity index is 1.32. The average Bonchev–Trinajstić information content (AvgIpc) is 3.24. The number of fused-ring (bicyclic) bond motifs is 2. The second-order valence-corrected chi connectivity index (χ2v) is 8.10. The van der Waals surface area contributed by atoms with Crippen molar-refractivity contribution in [1.29, 1.82) is 0 Å². The minimum atomic E-state index is 0.0924. The van der Waals surface area contributed by atoms with Crippen molar-refractivity contribution in [3.63, 3.8) is 0 Å². The maximum Gasteiger partial charge on any atom is 0.251 e. The summed E-state index contributed by atoms with van der Waals surface area (Å²) in [6.45, 7) is 0. The van der Waals surface area contributed by atoms with Crippen LogP contribution in [-0.4, -0.2) is 11.9 Å². The molecule has 2 saturated carbocycles. The third-order valence-corrected chi connectivity index (χ3v) is 6.50.